The summed E-state index contributed by atoms with van der Waals surface area (Å²) in [7, 11) is 1.78. The number of carboxylic acid groups (broad SMARTS) is 2. The Labute approximate surface area is 514 Å². The first-order valence-corrected chi connectivity index (χ1v) is 29.9. The third kappa shape index (κ3) is 9.83. The van der Waals surface area contributed by atoms with Crippen LogP contribution in [0.3, 0.4) is 0 Å². The molecule has 8 fully saturated rings. The molecule has 8 N–H and O–H groups in total. The van der Waals surface area contributed by atoms with E-state index in [1.807, 2.05) is 12.1 Å². The number of aromatic hydroxyl groups is 1. The third-order valence-corrected chi connectivity index (χ3v) is 23.2. The number of hydrogen-bond acceptors (Lipinski definition) is 16. The maximum Gasteiger partial charge on any atom is 2.00 e. The van der Waals surface area contributed by atoms with Gasteiger partial charge >= 0.3 is 43.7 Å². The number of aryl methyl sites for hydroxylation is 1. The number of allylic oxidation sites excluding steroid dienone is 1. The zero-order chi connectivity index (χ0) is 58.0. The van der Waals surface area contributed by atoms with E-state index in [0.29, 0.717) is 77.8 Å². The smallest absolute Gasteiger partial charge is 0.550 e. The van der Waals surface area contributed by atoms with Crippen LogP contribution < -0.4 is 42.4 Å². The molecule has 19 heteroatoms. The Morgan fingerprint density at radius 2 is 1.65 bits per heavy atom. The van der Waals surface area contributed by atoms with E-state index >= 15 is 0 Å². The molecular formula is C64H77CaN7O11. The van der Waals surface area contributed by atoms with Crippen LogP contribution in [0.5, 0.6) is 5.75 Å². The summed E-state index contributed by atoms with van der Waals surface area (Å²) in [6.45, 7) is 8.18. The van der Waals surface area contributed by atoms with E-state index in [1.165, 1.54) is 54.5 Å². The third-order valence-electron chi connectivity index (χ3n) is 23.2. The summed E-state index contributed by atoms with van der Waals surface area (Å²) in [4.78, 5) is 78.8. The molecule has 1 spiro atoms. The average molecular weight is 1160 g/mol. The number of fused-ring (bicyclic) bond motifs is 18. The number of benzene rings is 2. The van der Waals surface area contributed by atoms with Crippen LogP contribution in [0.1, 0.15) is 144 Å². The van der Waals surface area contributed by atoms with Crippen LogP contribution in [0.15, 0.2) is 58.9 Å². The minimum Gasteiger partial charge on any atom is -0.550 e. The monoisotopic (exact) mass is 1160 g/mol. The van der Waals surface area contributed by atoms with Crippen LogP contribution in [-0.4, -0.2) is 131 Å². The number of ketones is 1. The SMILES string of the molecule is C#C[C@]1(O)CC[C@H]2[C@@H]3CCc4cc(O)ccc4[C@H]3CC[C@@]21C.CN1c2c(nc(N)[nH]c2=O)NC[C@@H]1CNc1ccc(C(=O)N[C@@H](CCC(=O)[O-])C(=O)[O-])cc1.C[C@]12CCC(=O)C=C1[C@@H]1C[C@@H]1[C@H]1[C@@H]3[C@@H]4C[C@@H]4[C@@]4(CCC(=O)O4)[C@@]3(C)CC[C@@H]12.[Ca+2]. The van der Waals surface area contributed by atoms with Crippen LogP contribution in [0.2, 0.25) is 0 Å². The number of H-pyrrole nitrogens is 1. The number of carboxylic acids is 2. The number of phenols is 1. The number of aliphatic carboxylic acids is 2. The van der Waals surface area contributed by atoms with E-state index in [2.05, 4.69) is 64.8 Å². The molecule has 0 unspecified atom stereocenters. The molecule has 2 aromatic carbocycles. The number of nitrogens with zero attached hydrogens (tertiary/aromatic N) is 2. The number of ether oxygens (including phenoxy) is 1. The zero-order valence-corrected chi connectivity index (χ0v) is 50.3. The van der Waals surface area contributed by atoms with E-state index < -0.39 is 35.9 Å². The van der Waals surface area contributed by atoms with Crippen molar-refractivity contribution in [2.24, 2.45) is 69.5 Å². The fourth-order valence-corrected chi connectivity index (χ4v) is 19.0. The molecule has 3 aromatic rings. The molecule has 436 valence electrons. The zero-order valence-electron chi connectivity index (χ0n) is 48.1. The molecule has 18 nitrogen and oxygen atoms in total. The average Bonchev–Trinajstić information content (AvgIpc) is 1.51. The minimum absolute atomic E-state index is 0. The van der Waals surface area contributed by atoms with Gasteiger partial charge in [0.2, 0.25) is 5.95 Å². The Kier molecular flexibility index (Phi) is 15.5. The Morgan fingerprint density at radius 3 is 2.36 bits per heavy atom. The first-order chi connectivity index (χ1) is 39.0. The number of likely N-dealkylation sites (N-methyl/N-ethyl adjacent to an activating group) is 1. The van der Waals surface area contributed by atoms with E-state index in [-0.39, 0.29) is 95.1 Å². The van der Waals surface area contributed by atoms with Gasteiger partial charge in [-0.05, 0) is 202 Å². The fourth-order valence-electron chi connectivity index (χ4n) is 19.0. The summed E-state index contributed by atoms with van der Waals surface area (Å²) in [6, 6.07) is 10.6. The molecule has 83 heavy (non-hydrogen) atoms. The quantitative estimate of drug-likeness (QED) is 0.0875. The normalized spacial score (nSPS) is 37.8. The van der Waals surface area contributed by atoms with Gasteiger partial charge in [-0.2, -0.15) is 4.98 Å². The Bertz CT molecular complexity index is 3270. The number of nitrogens with two attached hydrogens (primary N) is 1. The molecule has 9 aliphatic carbocycles. The van der Waals surface area contributed by atoms with Crippen molar-refractivity contribution in [3.8, 4) is 18.1 Å². The largest absolute Gasteiger partial charge is 2.00 e. The molecule has 3 heterocycles. The van der Waals surface area contributed by atoms with Gasteiger partial charge in [0.15, 0.2) is 11.6 Å². The van der Waals surface area contributed by atoms with Gasteiger partial charge in [0.25, 0.3) is 11.5 Å². The van der Waals surface area contributed by atoms with Gasteiger partial charge in [0.05, 0.1) is 18.1 Å². The molecule has 1 amide bonds. The maximum atomic E-state index is 12.3. The molecule has 14 rings (SSSR count). The minimum atomic E-state index is -1.58. The van der Waals surface area contributed by atoms with Gasteiger partial charge in [-0.1, -0.05) is 38.3 Å². The Balaban J connectivity index is 0.000000132. The van der Waals surface area contributed by atoms with Gasteiger partial charge in [-0.3, -0.25) is 24.2 Å². The van der Waals surface area contributed by atoms with Crippen molar-refractivity contribution in [1.29, 1.82) is 0 Å². The van der Waals surface area contributed by atoms with E-state index in [1.54, 1.807) is 24.1 Å². The molecule has 2 aliphatic heterocycles. The van der Waals surface area contributed by atoms with Crippen LogP contribution in [0.4, 0.5) is 23.1 Å². The number of hydrogen-bond donors (Lipinski definition) is 7. The Morgan fingerprint density at radius 1 is 0.904 bits per heavy atom. The van der Waals surface area contributed by atoms with E-state index in [4.69, 9.17) is 16.9 Å². The molecule has 0 radical (unpaired) electrons. The number of rotatable bonds is 9. The number of amides is 1. The molecule has 1 saturated heterocycles. The molecule has 0 bridgehead atoms. The van der Waals surface area contributed by atoms with Crippen LogP contribution in [0.25, 0.3) is 0 Å². The Hall–Kier alpha value is -5.61. The van der Waals surface area contributed by atoms with Crippen molar-refractivity contribution >= 4 is 90.5 Å². The van der Waals surface area contributed by atoms with Gasteiger partial charge in [0.1, 0.15) is 22.6 Å². The van der Waals surface area contributed by atoms with Crippen LogP contribution in [-0.2, 0) is 30.3 Å². The van der Waals surface area contributed by atoms with Crippen molar-refractivity contribution < 1.29 is 49.1 Å². The standard InChI is InChI=1S/C24H30O3.C20H25N7O6.C20H24O2.Ca/c1-22-6-3-12(25)9-17(22)13-10-14(13)20-16(22)4-7-23(2)21(20)15-11-18(15)24(23)8-5-19(26)27-24;1-27-12(9-23-16-15(27)18(31)26-20(21)25-16)8-22-11-4-2-10(3-5-11)17(30)24-13(19(32)33)6-7-14(28)29;1-3-20(22)11-9-18-17-6-4-13-12-14(21)5-7-15(13)16(17)8-10-19(18,20)2;/h9,13-16,18,20-21H,3-8,10-11H2,1-2H3;2-5,12-13,22H,6-9H2,1H3,(H,24,30)(H,28,29)(H,32,33)(H4,21,23,25,26,31);1,5,7,12,16-18,21-22H,4,6,8-11H2,2H3;/q;;;+2/p-2/t13-,14+,15-,16+,18+,20-,21+,22-,23+,24+;12-,13-;16-,17-,18+,19+,20+;/m101./s1. The predicted molar refractivity (Wildman–Crippen MR) is 307 cm³/mol. The second kappa shape index (κ2) is 21.7. The summed E-state index contributed by atoms with van der Waals surface area (Å²) in [5.41, 5.74) is 10.0. The number of esters is 1. The van der Waals surface area contributed by atoms with Crippen molar-refractivity contribution in [2.75, 3.05) is 41.4 Å². The molecule has 17 atom stereocenters. The van der Waals surface area contributed by atoms with Crippen molar-refractivity contribution in [1.82, 2.24) is 15.3 Å². The first-order valence-electron chi connectivity index (χ1n) is 29.9. The fraction of sp³-hybridized carbons (Fsp3) is 0.609. The number of aliphatic hydroxyl groups is 1. The second-order valence-electron chi connectivity index (χ2n) is 26.8. The molecule has 11 aliphatic rings. The second-order valence-corrected chi connectivity index (χ2v) is 26.8. The van der Waals surface area contributed by atoms with Gasteiger partial charge in [-0.25, -0.2) is 0 Å². The van der Waals surface area contributed by atoms with E-state index in [0.717, 1.165) is 87.4 Å². The number of aromatic nitrogens is 2. The summed E-state index contributed by atoms with van der Waals surface area (Å²) >= 11 is 0. The van der Waals surface area contributed by atoms with Crippen molar-refractivity contribution in [3.63, 3.8) is 0 Å². The first kappa shape index (κ1) is 59.1. The molecule has 7 saturated carbocycles. The van der Waals surface area contributed by atoms with Gasteiger partial charge in [-0.15, -0.1) is 6.42 Å². The number of nitrogen functional groups attached to an aromatic ring is 1. The van der Waals surface area contributed by atoms with Crippen LogP contribution >= 0.6 is 0 Å². The molecule has 1 aromatic heterocycles. The number of nitrogens with one attached hydrogen (secondary N) is 4. The maximum absolute atomic E-state index is 12.3. The summed E-state index contributed by atoms with van der Waals surface area (Å²) in [5, 5.41) is 50.8. The summed E-state index contributed by atoms with van der Waals surface area (Å²) in [6.07, 6.45) is 21.5. The van der Waals surface area contributed by atoms with Crippen molar-refractivity contribution in [3.05, 3.63) is 81.2 Å². The van der Waals surface area contributed by atoms with Gasteiger partial charge in [0, 0.05) is 66.9 Å². The number of phenolic OH excluding ortho intramolecular Hbond substituents is 1. The van der Waals surface area contributed by atoms with Gasteiger partial charge < -0.3 is 61.3 Å². The number of anilines is 4. The summed E-state index contributed by atoms with van der Waals surface area (Å²) < 4.78 is 6.22. The predicted octanol–water partition coefficient (Wildman–Crippen LogP) is 4.61. The topological polar surface area (TPSA) is 292 Å². The van der Waals surface area contributed by atoms with E-state index in [9.17, 15) is 49.2 Å². The summed E-state index contributed by atoms with van der Waals surface area (Å²) in [5.74, 6) is 7.25. The molecular weight excluding hydrogens is 1080 g/mol. The number of carbonyl (C=O) groups excluding carboxylic acids is 5. The van der Waals surface area contributed by atoms with Crippen molar-refractivity contribution in [2.45, 2.75) is 153 Å². The number of aromatic amines is 1. The number of carbonyl (C=O) groups is 5. The van der Waals surface area contributed by atoms with Crippen LogP contribution in [0, 0.1) is 81.8 Å². The number of terminal acetylenes is 1.